The average Bonchev–Trinajstić information content (AvgIpc) is 2.69. The number of carbonyl (C=O) groups excluding carboxylic acids is 2. The summed E-state index contributed by atoms with van der Waals surface area (Å²) in [6, 6.07) is 10.4. The Balaban J connectivity index is 2.10. The first-order valence-electron chi connectivity index (χ1n) is 8.23. The van der Waals surface area contributed by atoms with Gasteiger partial charge in [0, 0.05) is 22.8 Å². The van der Waals surface area contributed by atoms with Gasteiger partial charge in [-0.15, -0.1) is 0 Å². The van der Waals surface area contributed by atoms with Crippen molar-refractivity contribution in [3.8, 4) is 17.2 Å². The topological polar surface area (TPSA) is 71.1 Å². The normalized spacial score (nSPS) is 10.5. The second kappa shape index (κ2) is 9.43. The number of methoxy groups -OCH3 is 3. The summed E-state index contributed by atoms with van der Waals surface area (Å²) in [5.74, 6) is 1.04. The molecule has 0 fully saturated rings. The maximum atomic E-state index is 12.1. The number of rotatable bonds is 8. The van der Waals surface area contributed by atoms with E-state index < -0.39 is 5.97 Å². The van der Waals surface area contributed by atoms with Crippen LogP contribution in [0.25, 0.3) is 6.08 Å². The van der Waals surface area contributed by atoms with Gasteiger partial charge in [0.15, 0.2) is 17.3 Å². The quantitative estimate of drug-likeness (QED) is 0.401. The molecule has 142 valence electrons. The molecule has 0 heterocycles. The zero-order valence-corrected chi connectivity index (χ0v) is 15.8. The molecule has 0 aliphatic carbocycles. The van der Waals surface area contributed by atoms with Gasteiger partial charge in [0.05, 0.1) is 21.3 Å². The molecule has 0 bridgehead atoms. The van der Waals surface area contributed by atoms with Gasteiger partial charge in [-0.3, -0.25) is 4.79 Å². The van der Waals surface area contributed by atoms with E-state index in [2.05, 4.69) is 0 Å². The van der Waals surface area contributed by atoms with Gasteiger partial charge < -0.3 is 18.9 Å². The lowest BCUT2D eigenvalue weighted by atomic mass is 10.1. The van der Waals surface area contributed by atoms with E-state index in [-0.39, 0.29) is 12.4 Å². The van der Waals surface area contributed by atoms with Crippen molar-refractivity contribution in [2.24, 2.45) is 0 Å². The molecule has 0 saturated heterocycles. The van der Waals surface area contributed by atoms with Crippen LogP contribution in [0, 0.1) is 0 Å². The summed E-state index contributed by atoms with van der Waals surface area (Å²) >= 11 is 0. The second-order valence-electron chi connectivity index (χ2n) is 5.61. The summed E-state index contributed by atoms with van der Waals surface area (Å²) in [5.41, 5.74) is 1.83. The van der Waals surface area contributed by atoms with E-state index >= 15 is 0 Å². The Bertz CT molecular complexity index is 854. The van der Waals surface area contributed by atoms with Gasteiger partial charge in [0.2, 0.25) is 0 Å². The van der Waals surface area contributed by atoms with E-state index in [1.165, 1.54) is 27.2 Å². The van der Waals surface area contributed by atoms with Crippen molar-refractivity contribution in [2.75, 3.05) is 21.3 Å². The zero-order valence-electron chi connectivity index (χ0n) is 15.8. The predicted molar refractivity (Wildman–Crippen MR) is 101 cm³/mol. The van der Waals surface area contributed by atoms with Crippen molar-refractivity contribution >= 4 is 17.8 Å². The minimum Gasteiger partial charge on any atom is -0.496 e. The van der Waals surface area contributed by atoms with Crippen molar-refractivity contribution in [1.82, 2.24) is 0 Å². The van der Waals surface area contributed by atoms with Crippen LogP contribution in [0.3, 0.4) is 0 Å². The predicted octanol–water partition coefficient (Wildman–Crippen LogP) is 3.67. The van der Waals surface area contributed by atoms with Gasteiger partial charge in [-0.25, -0.2) is 4.79 Å². The Kier molecular flexibility index (Phi) is 7.00. The van der Waals surface area contributed by atoms with E-state index in [1.807, 2.05) is 0 Å². The van der Waals surface area contributed by atoms with E-state index in [1.54, 1.807) is 49.6 Å². The Morgan fingerprint density at radius 1 is 0.963 bits per heavy atom. The third-order valence-corrected chi connectivity index (χ3v) is 3.89. The number of ketones is 1. The Labute approximate surface area is 158 Å². The molecule has 2 aromatic carbocycles. The molecule has 2 rings (SSSR count). The number of benzene rings is 2. The minimum absolute atomic E-state index is 0.0112. The van der Waals surface area contributed by atoms with Crippen molar-refractivity contribution < 1.29 is 28.5 Å². The van der Waals surface area contributed by atoms with Crippen LogP contribution in [0.2, 0.25) is 0 Å². The van der Waals surface area contributed by atoms with Crippen molar-refractivity contribution in [3.63, 3.8) is 0 Å². The summed E-state index contributed by atoms with van der Waals surface area (Å²) in [4.78, 5) is 23.6. The monoisotopic (exact) mass is 370 g/mol. The second-order valence-corrected chi connectivity index (χ2v) is 5.61. The molecule has 0 amide bonds. The zero-order chi connectivity index (χ0) is 19.8. The van der Waals surface area contributed by atoms with Crippen LogP contribution < -0.4 is 14.2 Å². The molecule has 6 nitrogen and oxygen atoms in total. The highest BCUT2D eigenvalue weighted by atomic mass is 16.5. The lowest BCUT2D eigenvalue weighted by Crippen LogP contribution is -2.04. The highest BCUT2D eigenvalue weighted by Crippen LogP contribution is 2.31. The van der Waals surface area contributed by atoms with E-state index in [0.717, 1.165) is 0 Å². The first-order valence-corrected chi connectivity index (χ1v) is 8.23. The van der Waals surface area contributed by atoms with E-state index in [0.29, 0.717) is 33.9 Å². The standard InChI is InChI=1S/C21H22O6/c1-14(22)16-8-10-18(24-2)17(12-16)13-27-20(23)11-9-15-6-5-7-19(25-3)21(15)26-4/h5-12H,13H2,1-4H3/b11-9+. The van der Waals surface area contributed by atoms with Gasteiger partial charge in [0.25, 0.3) is 0 Å². The lowest BCUT2D eigenvalue weighted by molar-refractivity contribution is -0.138. The molecule has 0 unspecified atom stereocenters. The highest BCUT2D eigenvalue weighted by Gasteiger charge is 2.10. The van der Waals surface area contributed by atoms with Crippen molar-refractivity contribution in [1.29, 1.82) is 0 Å². The van der Waals surface area contributed by atoms with Gasteiger partial charge in [-0.2, -0.15) is 0 Å². The molecule has 0 aliphatic heterocycles. The minimum atomic E-state index is -0.532. The summed E-state index contributed by atoms with van der Waals surface area (Å²) < 4.78 is 21.1. The molecule has 0 aromatic heterocycles. The molecule has 0 radical (unpaired) electrons. The molecule has 0 saturated carbocycles. The Hall–Kier alpha value is -3.28. The van der Waals surface area contributed by atoms with Crippen LogP contribution in [-0.4, -0.2) is 33.1 Å². The molecule has 0 aliphatic rings. The van der Waals surface area contributed by atoms with Gasteiger partial charge >= 0.3 is 5.97 Å². The third kappa shape index (κ3) is 5.10. The fraction of sp³-hybridized carbons (Fsp3) is 0.238. The molecule has 0 spiro atoms. The number of para-hydroxylation sites is 1. The smallest absolute Gasteiger partial charge is 0.331 e. The average molecular weight is 370 g/mol. The Morgan fingerprint density at radius 3 is 2.33 bits per heavy atom. The number of ether oxygens (including phenoxy) is 4. The van der Waals surface area contributed by atoms with Gasteiger partial charge in [-0.1, -0.05) is 12.1 Å². The van der Waals surface area contributed by atoms with Crippen LogP contribution in [0.4, 0.5) is 0 Å². The number of esters is 1. The summed E-state index contributed by atoms with van der Waals surface area (Å²) in [5, 5.41) is 0. The maximum Gasteiger partial charge on any atom is 0.331 e. The number of carbonyl (C=O) groups is 2. The van der Waals surface area contributed by atoms with Crippen molar-refractivity contribution in [3.05, 3.63) is 59.2 Å². The van der Waals surface area contributed by atoms with Crippen molar-refractivity contribution in [2.45, 2.75) is 13.5 Å². The highest BCUT2D eigenvalue weighted by molar-refractivity contribution is 5.94. The van der Waals surface area contributed by atoms with Gasteiger partial charge in [-0.05, 0) is 37.3 Å². The van der Waals surface area contributed by atoms with Crippen LogP contribution in [0.15, 0.2) is 42.5 Å². The number of hydrogen-bond acceptors (Lipinski definition) is 6. The van der Waals surface area contributed by atoms with Gasteiger partial charge in [0.1, 0.15) is 12.4 Å². The molecular weight excluding hydrogens is 348 g/mol. The van der Waals surface area contributed by atoms with Crippen LogP contribution in [-0.2, 0) is 16.1 Å². The molecular formula is C21H22O6. The first-order chi connectivity index (χ1) is 13.0. The molecule has 0 atom stereocenters. The molecule has 27 heavy (non-hydrogen) atoms. The third-order valence-electron chi connectivity index (χ3n) is 3.89. The van der Waals surface area contributed by atoms with Crippen LogP contribution in [0.1, 0.15) is 28.4 Å². The fourth-order valence-electron chi connectivity index (χ4n) is 2.51. The Morgan fingerprint density at radius 2 is 1.70 bits per heavy atom. The maximum absolute atomic E-state index is 12.1. The number of hydrogen-bond donors (Lipinski definition) is 0. The first kappa shape index (κ1) is 20.0. The lowest BCUT2D eigenvalue weighted by Gasteiger charge is -2.10. The van der Waals surface area contributed by atoms with E-state index in [9.17, 15) is 9.59 Å². The molecule has 6 heteroatoms. The summed E-state index contributed by atoms with van der Waals surface area (Å²) in [7, 11) is 4.59. The number of Topliss-reactive ketones (excluding diaryl/α,β-unsaturated/α-hetero) is 1. The largest absolute Gasteiger partial charge is 0.496 e. The summed E-state index contributed by atoms with van der Waals surface area (Å²) in [6.07, 6.45) is 2.89. The van der Waals surface area contributed by atoms with Crippen LogP contribution in [0.5, 0.6) is 17.2 Å². The SMILES string of the molecule is COc1ccc(C(C)=O)cc1COC(=O)/C=C/c1cccc(OC)c1OC. The fourth-order valence-corrected chi connectivity index (χ4v) is 2.51. The van der Waals surface area contributed by atoms with Crippen LogP contribution >= 0.6 is 0 Å². The molecule has 2 aromatic rings. The summed E-state index contributed by atoms with van der Waals surface area (Å²) in [6.45, 7) is 1.46. The molecule has 0 N–H and O–H groups in total. The van der Waals surface area contributed by atoms with E-state index in [4.69, 9.17) is 18.9 Å².